The van der Waals surface area contributed by atoms with Crippen LogP contribution in [0.3, 0.4) is 0 Å². The van der Waals surface area contributed by atoms with E-state index in [4.69, 9.17) is 16.3 Å². The van der Waals surface area contributed by atoms with Crippen molar-refractivity contribution >= 4 is 23.5 Å². The Morgan fingerprint density at radius 3 is 2.68 bits per heavy atom. The van der Waals surface area contributed by atoms with Crippen molar-refractivity contribution in [2.75, 3.05) is 25.6 Å². The van der Waals surface area contributed by atoms with Gasteiger partial charge in [0.1, 0.15) is 5.54 Å². The number of carbonyl (C=O) groups is 2. The average Bonchev–Trinajstić information content (AvgIpc) is 2.60. The third-order valence-corrected chi connectivity index (χ3v) is 4.26. The molecule has 1 unspecified atom stereocenters. The molecule has 0 aromatic carbocycles. The summed E-state index contributed by atoms with van der Waals surface area (Å²) < 4.78 is 5.27. The number of hydrogen-bond acceptors (Lipinski definition) is 3. The average molecular weight is 289 g/mol. The molecule has 2 heterocycles. The molecule has 0 aromatic rings. The Bertz CT molecular complexity index is 356. The number of alkyl halides is 1. The molecule has 2 saturated heterocycles. The molecule has 19 heavy (non-hydrogen) atoms. The van der Waals surface area contributed by atoms with Crippen LogP contribution in [0.5, 0.6) is 0 Å². The molecule has 1 spiro atoms. The van der Waals surface area contributed by atoms with E-state index in [2.05, 4.69) is 12.2 Å². The summed E-state index contributed by atoms with van der Waals surface area (Å²) in [6.45, 7) is 3.63. The van der Waals surface area contributed by atoms with Crippen LogP contribution in [0, 0.1) is 5.92 Å². The maximum atomic E-state index is 12.4. The molecule has 2 aliphatic heterocycles. The minimum absolute atomic E-state index is 0.0844. The van der Waals surface area contributed by atoms with Gasteiger partial charge in [-0.25, -0.2) is 4.79 Å². The number of rotatable bonds is 5. The monoisotopic (exact) mass is 288 g/mol. The normalized spacial score (nSPS) is 23.8. The highest BCUT2D eigenvalue weighted by Gasteiger charge is 2.51. The summed E-state index contributed by atoms with van der Waals surface area (Å²) in [5.41, 5.74) is -0.703. The van der Waals surface area contributed by atoms with E-state index < -0.39 is 5.54 Å². The minimum atomic E-state index is -0.703. The minimum Gasteiger partial charge on any atom is -0.381 e. The molecule has 0 bridgehead atoms. The molecule has 2 fully saturated rings. The highest BCUT2D eigenvalue weighted by atomic mass is 35.5. The molecule has 3 amide bonds. The van der Waals surface area contributed by atoms with Crippen LogP contribution < -0.4 is 5.32 Å². The van der Waals surface area contributed by atoms with Gasteiger partial charge in [0, 0.05) is 38.5 Å². The fraction of sp³-hybridized carbons (Fsp3) is 0.846. The van der Waals surface area contributed by atoms with Gasteiger partial charge in [-0.2, -0.15) is 0 Å². The zero-order chi connectivity index (χ0) is 13.9. The predicted molar refractivity (Wildman–Crippen MR) is 72.1 cm³/mol. The second kappa shape index (κ2) is 6.09. The summed E-state index contributed by atoms with van der Waals surface area (Å²) in [5.74, 6) is 0.950. The van der Waals surface area contributed by atoms with Crippen LogP contribution in [0.15, 0.2) is 0 Å². The summed E-state index contributed by atoms with van der Waals surface area (Å²) in [4.78, 5) is 25.7. The predicted octanol–water partition coefficient (Wildman–Crippen LogP) is 1.74. The lowest BCUT2D eigenvalue weighted by Crippen LogP contribution is -2.51. The second-order valence-corrected chi connectivity index (χ2v) is 5.83. The Morgan fingerprint density at radius 2 is 2.05 bits per heavy atom. The van der Waals surface area contributed by atoms with Crippen molar-refractivity contribution in [1.82, 2.24) is 10.2 Å². The quantitative estimate of drug-likeness (QED) is 0.619. The van der Waals surface area contributed by atoms with Crippen molar-refractivity contribution in [3.05, 3.63) is 0 Å². The van der Waals surface area contributed by atoms with Gasteiger partial charge in [0.25, 0.3) is 5.91 Å². The van der Waals surface area contributed by atoms with Crippen molar-refractivity contribution in [1.29, 1.82) is 0 Å². The summed E-state index contributed by atoms with van der Waals surface area (Å²) in [6.07, 6.45) is 2.86. The highest BCUT2D eigenvalue weighted by molar-refractivity contribution is 6.17. The maximum Gasteiger partial charge on any atom is 0.325 e. The van der Waals surface area contributed by atoms with Crippen molar-refractivity contribution in [3.63, 3.8) is 0 Å². The molecule has 108 valence electrons. The van der Waals surface area contributed by atoms with Gasteiger partial charge in [0.2, 0.25) is 0 Å². The van der Waals surface area contributed by atoms with Crippen molar-refractivity contribution in [2.24, 2.45) is 5.92 Å². The summed E-state index contributed by atoms with van der Waals surface area (Å²) in [5, 5.41) is 2.86. The van der Waals surface area contributed by atoms with Crippen LogP contribution in [0.4, 0.5) is 4.79 Å². The lowest BCUT2D eigenvalue weighted by Gasteiger charge is -2.30. The molecule has 0 saturated carbocycles. The van der Waals surface area contributed by atoms with Crippen molar-refractivity contribution < 1.29 is 14.3 Å². The number of amides is 3. The Balaban J connectivity index is 1.94. The molecule has 2 rings (SSSR count). The smallest absolute Gasteiger partial charge is 0.325 e. The molecular weight excluding hydrogens is 268 g/mol. The Hall–Kier alpha value is -0.810. The third kappa shape index (κ3) is 3.03. The topological polar surface area (TPSA) is 58.6 Å². The van der Waals surface area contributed by atoms with Crippen LogP contribution in [-0.2, 0) is 9.53 Å². The van der Waals surface area contributed by atoms with Crippen LogP contribution in [0.25, 0.3) is 0 Å². The van der Waals surface area contributed by atoms with Crippen LogP contribution in [0.1, 0.15) is 32.6 Å². The van der Waals surface area contributed by atoms with E-state index in [1.807, 2.05) is 0 Å². The van der Waals surface area contributed by atoms with Crippen LogP contribution in [0.2, 0.25) is 0 Å². The van der Waals surface area contributed by atoms with E-state index in [0.717, 1.165) is 12.8 Å². The van der Waals surface area contributed by atoms with E-state index in [1.165, 1.54) is 4.90 Å². The van der Waals surface area contributed by atoms with Crippen LogP contribution in [-0.4, -0.2) is 48.0 Å². The fourth-order valence-electron chi connectivity index (χ4n) is 2.62. The third-order valence-electron chi connectivity index (χ3n) is 4.04. The van der Waals surface area contributed by atoms with Gasteiger partial charge in [-0.1, -0.05) is 6.92 Å². The molecule has 5 nitrogen and oxygen atoms in total. The number of nitrogens with zero attached hydrogens (tertiary/aromatic N) is 1. The lowest BCUT2D eigenvalue weighted by molar-refractivity contribution is -0.134. The molecule has 1 atom stereocenters. The van der Waals surface area contributed by atoms with Gasteiger partial charge in [-0.3, -0.25) is 9.69 Å². The first kappa shape index (κ1) is 14.6. The first-order chi connectivity index (χ1) is 9.09. The number of halogens is 1. The van der Waals surface area contributed by atoms with Crippen molar-refractivity contribution in [3.8, 4) is 0 Å². The number of nitrogens with one attached hydrogen (secondary N) is 1. The van der Waals surface area contributed by atoms with Gasteiger partial charge in [-0.15, -0.1) is 11.6 Å². The zero-order valence-electron chi connectivity index (χ0n) is 11.3. The Kier molecular flexibility index (Phi) is 4.68. The largest absolute Gasteiger partial charge is 0.381 e. The summed E-state index contributed by atoms with van der Waals surface area (Å²) >= 11 is 5.69. The van der Waals surface area contributed by atoms with Crippen molar-refractivity contribution in [2.45, 2.75) is 38.1 Å². The molecule has 0 aromatic heterocycles. The number of imide groups is 1. The fourth-order valence-corrected chi connectivity index (χ4v) is 2.99. The molecule has 0 radical (unpaired) electrons. The highest BCUT2D eigenvalue weighted by Crippen LogP contribution is 2.28. The van der Waals surface area contributed by atoms with Crippen LogP contribution >= 0.6 is 11.6 Å². The lowest BCUT2D eigenvalue weighted by atomic mass is 9.90. The molecule has 2 aliphatic rings. The maximum absolute atomic E-state index is 12.4. The SMILES string of the molecule is CC(CCCl)CCN1C(=O)NC2(CCOCC2)C1=O. The van der Waals surface area contributed by atoms with E-state index in [-0.39, 0.29) is 11.9 Å². The molecular formula is C13H21ClN2O3. The molecule has 6 heteroatoms. The molecule has 0 aliphatic carbocycles. The number of hydrogen-bond donors (Lipinski definition) is 1. The van der Waals surface area contributed by atoms with E-state index in [0.29, 0.717) is 44.4 Å². The van der Waals surface area contributed by atoms with E-state index in [1.54, 1.807) is 0 Å². The second-order valence-electron chi connectivity index (χ2n) is 5.45. The van der Waals surface area contributed by atoms with Gasteiger partial charge in [-0.05, 0) is 18.8 Å². The molecule has 1 N–H and O–H groups in total. The van der Waals surface area contributed by atoms with Gasteiger partial charge in [0.15, 0.2) is 0 Å². The number of carbonyl (C=O) groups excluding carboxylic acids is 2. The van der Waals surface area contributed by atoms with E-state index in [9.17, 15) is 9.59 Å². The van der Waals surface area contributed by atoms with E-state index >= 15 is 0 Å². The first-order valence-corrected chi connectivity index (χ1v) is 7.40. The number of ether oxygens (including phenoxy) is 1. The summed E-state index contributed by atoms with van der Waals surface area (Å²) in [7, 11) is 0. The van der Waals surface area contributed by atoms with Gasteiger partial charge < -0.3 is 10.1 Å². The number of urea groups is 1. The van der Waals surface area contributed by atoms with Gasteiger partial charge in [0.05, 0.1) is 0 Å². The summed E-state index contributed by atoms with van der Waals surface area (Å²) in [6, 6.07) is -0.259. The zero-order valence-corrected chi connectivity index (χ0v) is 12.0. The van der Waals surface area contributed by atoms with Gasteiger partial charge >= 0.3 is 6.03 Å². The first-order valence-electron chi connectivity index (χ1n) is 6.87. The Morgan fingerprint density at radius 1 is 1.37 bits per heavy atom. The Labute approximate surface area is 118 Å². The standard InChI is InChI=1S/C13H21ClN2O3/c1-10(2-6-14)3-7-16-11(17)13(15-12(16)18)4-8-19-9-5-13/h10H,2-9H2,1H3,(H,15,18).